The van der Waals surface area contributed by atoms with Crippen LogP contribution >= 0.6 is 12.4 Å². The molecule has 0 saturated carbocycles. The summed E-state index contributed by atoms with van der Waals surface area (Å²) in [6, 6.07) is 0. The molecule has 1 aromatic rings. The number of aromatic nitrogens is 2. The smallest absolute Gasteiger partial charge is 0.271 e. The second-order valence-electron chi connectivity index (χ2n) is 3.77. The fourth-order valence-corrected chi connectivity index (χ4v) is 1.15. The first-order valence-electron chi connectivity index (χ1n) is 5.67. The predicted molar refractivity (Wildman–Crippen MR) is 72.8 cm³/mol. The molecule has 4 N–H and O–H groups in total. The number of carbonyl (C=O) groups is 2. The number of nitrogens with one attached hydrogen (secondary N) is 2. The normalized spacial score (nSPS) is 11.1. The number of nitrogens with zero attached hydrogens (tertiary/aromatic N) is 2. The Bertz CT molecular complexity index is 401. The van der Waals surface area contributed by atoms with E-state index >= 15 is 0 Å². The summed E-state index contributed by atoms with van der Waals surface area (Å²) in [6.07, 6.45) is 4.31. The van der Waals surface area contributed by atoms with Gasteiger partial charge in [0.05, 0.1) is 6.20 Å². The number of halogens is 1. The Kier molecular flexibility index (Phi) is 8.39. The summed E-state index contributed by atoms with van der Waals surface area (Å²) >= 11 is 0. The number of nitrogens with two attached hydrogens (primary N) is 1. The monoisotopic (exact) mass is 287 g/mol. The van der Waals surface area contributed by atoms with Crippen LogP contribution in [0.3, 0.4) is 0 Å². The third-order valence-corrected chi connectivity index (χ3v) is 2.31. The van der Waals surface area contributed by atoms with Gasteiger partial charge in [-0.15, -0.1) is 12.4 Å². The Morgan fingerprint density at radius 3 is 2.58 bits per heavy atom. The molecule has 0 aliphatic rings. The third kappa shape index (κ3) is 6.12. The first-order valence-corrected chi connectivity index (χ1v) is 5.67. The SMILES string of the molecule is CC(CN)C(=O)NCCNC(=O)c1cnccn1.Cl. The molecule has 1 rings (SSSR count). The molecule has 0 bridgehead atoms. The second kappa shape index (κ2) is 9.23. The van der Waals surface area contributed by atoms with Crippen molar-refractivity contribution in [2.24, 2.45) is 11.7 Å². The van der Waals surface area contributed by atoms with Gasteiger partial charge in [0.2, 0.25) is 5.91 Å². The molecule has 106 valence electrons. The maximum atomic E-state index is 11.5. The van der Waals surface area contributed by atoms with E-state index in [2.05, 4.69) is 20.6 Å². The highest BCUT2D eigenvalue weighted by molar-refractivity contribution is 5.91. The molecular weight excluding hydrogens is 270 g/mol. The molecule has 0 radical (unpaired) electrons. The Morgan fingerprint density at radius 2 is 2.00 bits per heavy atom. The molecule has 0 spiro atoms. The molecule has 2 amide bonds. The van der Waals surface area contributed by atoms with E-state index in [0.717, 1.165) is 0 Å². The fourth-order valence-electron chi connectivity index (χ4n) is 1.15. The fraction of sp³-hybridized carbons (Fsp3) is 0.455. The zero-order valence-electron chi connectivity index (χ0n) is 10.6. The van der Waals surface area contributed by atoms with Gasteiger partial charge in [0, 0.05) is 37.9 Å². The number of hydrogen-bond acceptors (Lipinski definition) is 5. The van der Waals surface area contributed by atoms with Crippen molar-refractivity contribution in [3.05, 3.63) is 24.3 Å². The van der Waals surface area contributed by atoms with Gasteiger partial charge in [-0.1, -0.05) is 6.92 Å². The van der Waals surface area contributed by atoms with E-state index in [1.165, 1.54) is 18.6 Å². The minimum absolute atomic E-state index is 0. The summed E-state index contributed by atoms with van der Waals surface area (Å²) in [5.41, 5.74) is 5.60. The molecule has 1 unspecified atom stereocenters. The van der Waals surface area contributed by atoms with Crippen molar-refractivity contribution in [2.45, 2.75) is 6.92 Å². The Labute approximate surface area is 117 Å². The van der Waals surface area contributed by atoms with Gasteiger partial charge in [-0.05, 0) is 0 Å². The topological polar surface area (TPSA) is 110 Å². The van der Waals surface area contributed by atoms with Gasteiger partial charge in [0.1, 0.15) is 5.69 Å². The van der Waals surface area contributed by atoms with Crippen LogP contribution in [0, 0.1) is 5.92 Å². The molecular formula is C11H18ClN5O2. The first kappa shape index (κ1) is 17.3. The average Bonchev–Trinajstić information content (AvgIpc) is 2.43. The van der Waals surface area contributed by atoms with Crippen LogP contribution in [0.1, 0.15) is 17.4 Å². The standard InChI is InChI=1S/C11H17N5O2.ClH/c1-8(6-12)10(17)15-4-5-16-11(18)9-7-13-2-3-14-9;/h2-3,7-8H,4-6,12H2,1H3,(H,15,17)(H,16,18);1H. The highest BCUT2D eigenvalue weighted by Gasteiger charge is 2.10. The molecule has 1 atom stereocenters. The van der Waals surface area contributed by atoms with Crippen molar-refractivity contribution in [1.82, 2.24) is 20.6 Å². The third-order valence-electron chi connectivity index (χ3n) is 2.31. The van der Waals surface area contributed by atoms with Crippen molar-refractivity contribution in [2.75, 3.05) is 19.6 Å². The van der Waals surface area contributed by atoms with E-state index in [1.54, 1.807) is 6.92 Å². The van der Waals surface area contributed by atoms with Gasteiger partial charge in [-0.3, -0.25) is 14.6 Å². The molecule has 0 saturated heterocycles. The number of carbonyl (C=O) groups excluding carboxylic acids is 2. The summed E-state index contributed by atoms with van der Waals surface area (Å²) in [7, 11) is 0. The van der Waals surface area contributed by atoms with Crippen molar-refractivity contribution in [3.63, 3.8) is 0 Å². The zero-order chi connectivity index (χ0) is 13.4. The van der Waals surface area contributed by atoms with Crippen molar-refractivity contribution in [1.29, 1.82) is 0 Å². The van der Waals surface area contributed by atoms with Crippen LogP contribution in [0.15, 0.2) is 18.6 Å². The lowest BCUT2D eigenvalue weighted by Crippen LogP contribution is -2.38. The quantitative estimate of drug-likeness (QED) is 0.602. The lowest BCUT2D eigenvalue weighted by atomic mass is 10.2. The lowest BCUT2D eigenvalue weighted by molar-refractivity contribution is -0.124. The maximum absolute atomic E-state index is 11.5. The predicted octanol–water partition coefficient (Wildman–Crippen LogP) is -0.661. The van der Waals surface area contributed by atoms with E-state index < -0.39 is 0 Å². The molecule has 0 aliphatic carbocycles. The summed E-state index contributed by atoms with van der Waals surface area (Å²) in [6.45, 7) is 2.74. The Balaban J connectivity index is 0.00000324. The second-order valence-corrected chi connectivity index (χ2v) is 3.77. The molecule has 7 nitrogen and oxygen atoms in total. The van der Waals surface area contributed by atoms with E-state index in [4.69, 9.17) is 5.73 Å². The zero-order valence-corrected chi connectivity index (χ0v) is 11.4. The van der Waals surface area contributed by atoms with Gasteiger partial charge in [0.25, 0.3) is 5.91 Å². The van der Waals surface area contributed by atoms with Crippen LogP contribution in [-0.4, -0.2) is 41.4 Å². The summed E-state index contributed by atoms with van der Waals surface area (Å²) in [5, 5.41) is 5.29. The van der Waals surface area contributed by atoms with Gasteiger partial charge >= 0.3 is 0 Å². The Hall–Kier alpha value is -1.73. The van der Waals surface area contributed by atoms with Gasteiger partial charge in [-0.2, -0.15) is 0 Å². The van der Waals surface area contributed by atoms with Crippen LogP contribution in [0.4, 0.5) is 0 Å². The number of hydrogen-bond donors (Lipinski definition) is 3. The molecule has 8 heteroatoms. The van der Waals surface area contributed by atoms with Gasteiger partial charge in [-0.25, -0.2) is 4.98 Å². The highest BCUT2D eigenvalue weighted by Crippen LogP contribution is 1.90. The number of rotatable bonds is 6. The molecule has 1 heterocycles. The van der Waals surface area contributed by atoms with E-state index in [1.807, 2.05) is 0 Å². The highest BCUT2D eigenvalue weighted by atomic mass is 35.5. The largest absolute Gasteiger partial charge is 0.354 e. The van der Waals surface area contributed by atoms with Crippen LogP contribution < -0.4 is 16.4 Å². The maximum Gasteiger partial charge on any atom is 0.271 e. The molecule has 1 aromatic heterocycles. The summed E-state index contributed by atoms with van der Waals surface area (Å²) < 4.78 is 0. The van der Waals surface area contributed by atoms with Gasteiger partial charge < -0.3 is 16.4 Å². The van der Waals surface area contributed by atoms with Gasteiger partial charge in [0.15, 0.2) is 0 Å². The van der Waals surface area contributed by atoms with Crippen molar-refractivity contribution < 1.29 is 9.59 Å². The van der Waals surface area contributed by atoms with Crippen molar-refractivity contribution >= 4 is 24.2 Å². The van der Waals surface area contributed by atoms with Crippen LogP contribution in [0.25, 0.3) is 0 Å². The molecule has 19 heavy (non-hydrogen) atoms. The lowest BCUT2D eigenvalue weighted by Gasteiger charge is -2.10. The molecule has 0 fully saturated rings. The van der Waals surface area contributed by atoms with Crippen LogP contribution in [-0.2, 0) is 4.79 Å². The van der Waals surface area contributed by atoms with Crippen LogP contribution in [0.5, 0.6) is 0 Å². The first-order chi connectivity index (χ1) is 8.65. The van der Waals surface area contributed by atoms with E-state index in [-0.39, 0.29) is 35.8 Å². The molecule has 0 aliphatic heterocycles. The van der Waals surface area contributed by atoms with Crippen molar-refractivity contribution in [3.8, 4) is 0 Å². The molecule has 0 aromatic carbocycles. The summed E-state index contributed by atoms with van der Waals surface area (Å²) in [5.74, 6) is -0.656. The minimum atomic E-state index is -0.316. The number of amides is 2. The van der Waals surface area contributed by atoms with E-state index in [0.29, 0.717) is 19.6 Å². The average molecular weight is 288 g/mol. The van der Waals surface area contributed by atoms with Crippen LogP contribution in [0.2, 0.25) is 0 Å². The minimum Gasteiger partial charge on any atom is -0.354 e. The summed E-state index contributed by atoms with van der Waals surface area (Å²) in [4.78, 5) is 30.5. The van der Waals surface area contributed by atoms with E-state index in [9.17, 15) is 9.59 Å². The Morgan fingerprint density at radius 1 is 1.32 bits per heavy atom.